The van der Waals surface area contributed by atoms with E-state index < -0.39 is 0 Å². The van der Waals surface area contributed by atoms with Crippen molar-refractivity contribution >= 4 is 68.0 Å². The smallest absolute Gasteiger partial charge is 0.0468 e. The summed E-state index contributed by atoms with van der Waals surface area (Å²) in [6.07, 6.45) is 5.65. The first kappa shape index (κ1) is 39.4. The molecule has 65 heavy (non-hydrogen) atoms. The summed E-state index contributed by atoms with van der Waals surface area (Å²) in [4.78, 5) is 6.99. The molecular formula is C62H47N3. The SMILES string of the molecule is C1=CC(c2ccc(N(c3ccccc3)c3ccccc3)cc2)Cc2ccc(N(c3ccccc3)c3ccc4cc(-c5ccc(N(c6ccccc6)c6ccccc6)cc5)ccc4c3)cc21. The van der Waals surface area contributed by atoms with E-state index in [1.54, 1.807) is 0 Å². The van der Waals surface area contributed by atoms with Crippen molar-refractivity contribution in [3.8, 4) is 11.1 Å². The van der Waals surface area contributed by atoms with Crippen LogP contribution in [-0.4, -0.2) is 0 Å². The summed E-state index contributed by atoms with van der Waals surface area (Å²) in [6, 6.07) is 91.6. The predicted molar refractivity (Wildman–Crippen MR) is 275 cm³/mol. The van der Waals surface area contributed by atoms with Gasteiger partial charge in [0, 0.05) is 57.1 Å². The Morgan fingerprint density at radius 3 is 1.17 bits per heavy atom. The highest BCUT2D eigenvalue weighted by Crippen LogP contribution is 2.41. The molecule has 0 bridgehead atoms. The van der Waals surface area contributed by atoms with Crippen LogP contribution in [-0.2, 0) is 6.42 Å². The van der Waals surface area contributed by atoms with Gasteiger partial charge in [-0.1, -0.05) is 152 Å². The van der Waals surface area contributed by atoms with Crippen molar-refractivity contribution < 1.29 is 0 Å². The molecule has 0 saturated carbocycles. The number of benzene rings is 10. The second-order valence-corrected chi connectivity index (χ2v) is 16.6. The fraction of sp³-hybridized carbons (Fsp3) is 0.0323. The van der Waals surface area contributed by atoms with E-state index >= 15 is 0 Å². The standard InChI is InChI=1S/C62H47N3/c1-6-16-54(17-7-1)63(55-18-8-2-9-19-55)59-36-30-46(31-37-59)48-26-28-52-44-61(40-34-50(52)42-48)65(58-24-14-5-15-25-58)62-41-35-51-43-49(27-29-53(51)45-62)47-32-38-60(39-33-47)64(56-20-10-3-11-21-56)57-22-12-4-13-23-57/h1-42,44-45,49H,43H2. The minimum atomic E-state index is 0.302. The largest absolute Gasteiger partial charge is 0.311 e. The van der Waals surface area contributed by atoms with E-state index in [1.165, 1.54) is 38.6 Å². The van der Waals surface area contributed by atoms with E-state index in [9.17, 15) is 0 Å². The van der Waals surface area contributed by atoms with Crippen molar-refractivity contribution in [2.24, 2.45) is 0 Å². The van der Waals surface area contributed by atoms with Crippen LogP contribution in [0.2, 0.25) is 0 Å². The Bertz CT molecular complexity index is 3130. The zero-order chi connectivity index (χ0) is 43.4. The third-order valence-electron chi connectivity index (χ3n) is 12.5. The first-order chi connectivity index (χ1) is 32.2. The molecule has 0 radical (unpaired) electrons. The number of nitrogens with zero attached hydrogens (tertiary/aromatic N) is 3. The monoisotopic (exact) mass is 833 g/mol. The van der Waals surface area contributed by atoms with Crippen molar-refractivity contribution in [2.45, 2.75) is 12.3 Å². The molecule has 0 N–H and O–H groups in total. The minimum absolute atomic E-state index is 0.302. The molecule has 1 aliphatic carbocycles. The molecule has 0 aliphatic heterocycles. The summed E-state index contributed by atoms with van der Waals surface area (Å²) in [7, 11) is 0. The van der Waals surface area contributed by atoms with Crippen LogP contribution in [0.15, 0.2) is 261 Å². The van der Waals surface area contributed by atoms with Crippen molar-refractivity contribution in [3.63, 3.8) is 0 Å². The molecule has 3 heteroatoms. The summed E-state index contributed by atoms with van der Waals surface area (Å²) in [5.41, 5.74) is 16.5. The number of rotatable bonds is 11. The number of allylic oxidation sites excluding steroid dienone is 1. The third-order valence-corrected chi connectivity index (χ3v) is 12.5. The molecule has 310 valence electrons. The molecule has 0 fully saturated rings. The molecule has 0 saturated heterocycles. The Morgan fingerprint density at radius 1 is 0.292 bits per heavy atom. The van der Waals surface area contributed by atoms with Gasteiger partial charge in [-0.25, -0.2) is 0 Å². The van der Waals surface area contributed by atoms with Crippen LogP contribution < -0.4 is 14.7 Å². The molecule has 3 nitrogen and oxygen atoms in total. The maximum atomic E-state index is 2.38. The van der Waals surface area contributed by atoms with Gasteiger partial charge in [0.15, 0.2) is 0 Å². The second-order valence-electron chi connectivity index (χ2n) is 16.6. The Kier molecular flexibility index (Phi) is 10.8. The maximum absolute atomic E-state index is 2.38. The van der Waals surface area contributed by atoms with Gasteiger partial charge in [0.2, 0.25) is 0 Å². The van der Waals surface area contributed by atoms with E-state index in [0.717, 1.165) is 57.6 Å². The molecule has 1 atom stereocenters. The minimum Gasteiger partial charge on any atom is -0.311 e. The molecule has 0 spiro atoms. The van der Waals surface area contributed by atoms with Gasteiger partial charge in [0.1, 0.15) is 0 Å². The molecule has 1 aliphatic rings. The summed E-state index contributed by atoms with van der Waals surface area (Å²) in [5, 5.41) is 2.41. The van der Waals surface area contributed by atoms with Gasteiger partial charge in [-0.2, -0.15) is 0 Å². The second kappa shape index (κ2) is 17.8. The Hall–Kier alpha value is -8.40. The van der Waals surface area contributed by atoms with Gasteiger partial charge in [-0.15, -0.1) is 0 Å². The van der Waals surface area contributed by atoms with Crippen LogP contribution in [0.4, 0.5) is 51.2 Å². The zero-order valence-electron chi connectivity index (χ0n) is 36.0. The van der Waals surface area contributed by atoms with Gasteiger partial charge in [0.05, 0.1) is 0 Å². The predicted octanol–water partition coefficient (Wildman–Crippen LogP) is 17.3. The highest BCUT2D eigenvalue weighted by Gasteiger charge is 2.21. The number of hydrogen-bond donors (Lipinski definition) is 0. The van der Waals surface area contributed by atoms with Crippen LogP contribution >= 0.6 is 0 Å². The van der Waals surface area contributed by atoms with Gasteiger partial charge >= 0.3 is 0 Å². The van der Waals surface area contributed by atoms with E-state index in [2.05, 4.69) is 282 Å². The van der Waals surface area contributed by atoms with E-state index in [1.807, 2.05) is 0 Å². The highest BCUT2D eigenvalue weighted by molar-refractivity contribution is 5.93. The fourth-order valence-electron chi connectivity index (χ4n) is 9.27. The maximum Gasteiger partial charge on any atom is 0.0468 e. The Morgan fingerprint density at radius 2 is 0.662 bits per heavy atom. The topological polar surface area (TPSA) is 9.72 Å². The molecule has 10 aromatic carbocycles. The van der Waals surface area contributed by atoms with Crippen LogP contribution in [0, 0.1) is 0 Å². The summed E-state index contributed by atoms with van der Waals surface area (Å²) in [6.45, 7) is 0. The average molecular weight is 834 g/mol. The number of fused-ring (bicyclic) bond motifs is 2. The van der Waals surface area contributed by atoms with Gasteiger partial charge in [0.25, 0.3) is 0 Å². The van der Waals surface area contributed by atoms with Crippen molar-refractivity contribution in [1.29, 1.82) is 0 Å². The number of hydrogen-bond acceptors (Lipinski definition) is 3. The quantitative estimate of drug-likeness (QED) is 0.129. The van der Waals surface area contributed by atoms with E-state index in [4.69, 9.17) is 0 Å². The first-order valence-electron chi connectivity index (χ1n) is 22.4. The lowest BCUT2D eigenvalue weighted by molar-refractivity contribution is 0.827. The lowest BCUT2D eigenvalue weighted by atomic mass is 9.85. The summed E-state index contributed by atoms with van der Waals surface area (Å²) >= 11 is 0. The zero-order valence-corrected chi connectivity index (χ0v) is 36.0. The molecule has 0 amide bonds. The lowest BCUT2D eigenvalue weighted by Gasteiger charge is -2.28. The normalized spacial score (nSPS) is 13.0. The molecule has 0 heterocycles. The third kappa shape index (κ3) is 8.20. The lowest BCUT2D eigenvalue weighted by Crippen LogP contribution is -2.12. The number of para-hydroxylation sites is 5. The van der Waals surface area contributed by atoms with Gasteiger partial charge < -0.3 is 14.7 Å². The van der Waals surface area contributed by atoms with Crippen LogP contribution in [0.5, 0.6) is 0 Å². The van der Waals surface area contributed by atoms with Crippen molar-refractivity contribution in [3.05, 3.63) is 278 Å². The van der Waals surface area contributed by atoms with Gasteiger partial charge in [-0.05, 0) is 160 Å². The van der Waals surface area contributed by atoms with E-state index in [-0.39, 0.29) is 0 Å². The van der Waals surface area contributed by atoms with Crippen molar-refractivity contribution in [2.75, 3.05) is 14.7 Å². The summed E-state index contributed by atoms with van der Waals surface area (Å²) in [5.74, 6) is 0.302. The average Bonchev–Trinajstić information content (AvgIpc) is 3.38. The Balaban J connectivity index is 0.848. The van der Waals surface area contributed by atoms with Crippen molar-refractivity contribution in [1.82, 2.24) is 0 Å². The van der Waals surface area contributed by atoms with Crippen LogP contribution in [0.25, 0.3) is 28.0 Å². The molecule has 10 aromatic rings. The molecule has 1 unspecified atom stereocenters. The number of anilines is 9. The molecule has 0 aromatic heterocycles. The van der Waals surface area contributed by atoms with Crippen LogP contribution in [0.1, 0.15) is 22.6 Å². The molecular weight excluding hydrogens is 787 g/mol. The Labute approximate surface area is 382 Å². The first-order valence-corrected chi connectivity index (χ1v) is 22.4. The van der Waals surface area contributed by atoms with E-state index in [0.29, 0.717) is 5.92 Å². The van der Waals surface area contributed by atoms with Gasteiger partial charge in [-0.3, -0.25) is 0 Å². The van der Waals surface area contributed by atoms with Crippen LogP contribution in [0.3, 0.4) is 0 Å². The summed E-state index contributed by atoms with van der Waals surface area (Å²) < 4.78 is 0. The highest BCUT2D eigenvalue weighted by atomic mass is 15.2. The fourth-order valence-corrected chi connectivity index (χ4v) is 9.27. The molecule has 11 rings (SSSR count).